The predicted octanol–water partition coefficient (Wildman–Crippen LogP) is 1.09. The highest BCUT2D eigenvalue weighted by Gasteiger charge is 2.15. The third-order valence-corrected chi connectivity index (χ3v) is 3.02. The normalized spacial score (nSPS) is 12.8. The van der Waals surface area contributed by atoms with E-state index in [1.54, 1.807) is 25.2 Å². The molecule has 1 aliphatic rings. The van der Waals surface area contributed by atoms with E-state index in [0.29, 0.717) is 41.5 Å². The second-order valence-corrected chi connectivity index (χ2v) is 4.37. The van der Waals surface area contributed by atoms with Gasteiger partial charge in [-0.25, -0.2) is 4.79 Å². The molecule has 0 fully saturated rings. The number of rotatable bonds is 1. The number of nitrogens with zero attached hydrogens (tertiary/aromatic N) is 3. The molecule has 1 aliphatic heterocycles. The van der Waals surface area contributed by atoms with Crippen molar-refractivity contribution < 1.29 is 9.47 Å². The second kappa shape index (κ2) is 4.70. The first-order chi connectivity index (χ1) is 9.69. The van der Waals surface area contributed by atoms with Gasteiger partial charge in [0.25, 0.3) is 0 Å². The van der Waals surface area contributed by atoms with E-state index in [0.717, 1.165) is 0 Å². The molecule has 0 atom stereocenters. The summed E-state index contributed by atoms with van der Waals surface area (Å²) >= 11 is 0. The van der Waals surface area contributed by atoms with Gasteiger partial charge in [0.2, 0.25) is 0 Å². The second-order valence-electron chi connectivity index (χ2n) is 4.37. The molecule has 2 heterocycles. The number of ether oxygens (including phenoxy) is 2. The van der Waals surface area contributed by atoms with Crippen LogP contribution in [0.4, 0.5) is 0 Å². The summed E-state index contributed by atoms with van der Waals surface area (Å²) in [5, 5.41) is 9.17. The van der Waals surface area contributed by atoms with E-state index in [4.69, 9.17) is 9.47 Å². The van der Waals surface area contributed by atoms with Crippen molar-refractivity contribution in [3.8, 4) is 28.8 Å². The number of nitriles is 1. The smallest absolute Gasteiger partial charge is 0.347 e. The third-order valence-electron chi connectivity index (χ3n) is 3.02. The van der Waals surface area contributed by atoms with Crippen LogP contribution < -0.4 is 15.2 Å². The van der Waals surface area contributed by atoms with Crippen LogP contribution in [-0.2, 0) is 7.05 Å². The lowest BCUT2D eigenvalue weighted by molar-refractivity contribution is 0.171. The van der Waals surface area contributed by atoms with Crippen LogP contribution in [-0.4, -0.2) is 22.8 Å². The Morgan fingerprint density at radius 3 is 2.80 bits per heavy atom. The Hall–Kier alpha value is -2.81. The first kappa shape index (κ1) is 12.2. The number of benzene rings is 1. The average Bonchev–Trinajstić information content (AvgIpc) is 2.49. The highest BCUT2D eigenvalue weighted by Crippen LogP contribution is 2.34. The summed E-state index contributed by atoms with van der Waals surface area (Å²) < 4.78 is 12.2. The average molecular weight is 269 g/mol. The maximum absolute atomic E-state index is 11.7. The molecule has 0 aliphatic carbocycles. The monoisotopic (exact) mass is 269 g/mol. The van der Waals surface area contributed by atoms with E-state index in [1.165, 1.54) is 10.8 Å². The molecule has 0 spiro atoms. The topological polar surface area (TPSA) is 77.1 Å². The van der Waals surface area contributed by atoms with Crippen LogP contribution in [0.15, 0.2) is 29.2 Å². The molecule has 0 saturated carbocycles. The van der Waals surface area contributed by atoms with Crippen molar-refractivity contribution in [2.24, 2.45) is 7.05 Å². The van der Waals surface area contributed by atoms with Gasteiger partial charge >= 0.3 is 5.69 Å². The van der Waals surface area contributed by atoms with Gasteiger partial charge in [0.05, 0.1) is 11.3 Å². The summed E-state index contributed by atoms with van der Waals surface area (Å²) in [4.78, 5) is 15.6. The Morgan fingerprint density at radius 2 is 2.05 bits per heavy atom. The van der Waals surface area contributed by atoms with Gasteiger partial charge in [-0.2, -0.15) is 10.2 Å². The Bertz CT molecular complexity index is 774. The summed E-state index contributed by atoms with van der Waals surface area (Å²) in [5.41, 5.74) is 0.939. The van der Waals surface area contributed by atoms with Crippen molar-refractivity contribution in [2.75, 3.05) is 13.2 Å². The molecule has 0 bridgehead atoms. The molecule has 0 radical (unpaired) electrons. The van der Waals surface area contributed by atoms with E-state index in [2.05, 4.69) is 4.98 Å². The van der Waals surface area contributed by atoms with Gasteiger partial charge in [0, 0.05) is 18.8 Å². The summed E-state index contributed by atoms with van der Waals surface area (Å²) in [6.45, 7) is 0.992. The van der Waals surface area contributed by atoms with Crippen LogP contribution in [0.3, 0.4) is 0 Å². The summed E-state index contributed by atoms with van der Waals surface area (Å²) in [6.07, 6.45) is 1.47. The summed E-state index contributed by atoms with van der Waals surface area (Å²) in [5.74, 6) is 1.25. The number of aryl methyl sites for hydroxylation is 1. The maximum Gasteiger partial charge on any atom is 0.347 e. The van der Waals surface area contributed by atoms with Crippen molar-refractivity contribution >= 4 is 0 Å². The fourth-order valence-corrected chi connectivity index (χ4v) is 2.04. The quantitative estimate of drug-likeness (QED) is 0.774. The van der Waals surface area contributed by atoms with Crippen LogP contribution in [0.5, 0.6) is 11.5 Å². The minimum atomic E-state index is -0.408. The predicted molar refractivity (Wildman–Crippen MR) is 70.6 cm³/mol. The number of aromatic nitrogens is 2. The standard InChI is InChI=1S/C14H11N3O3/c1-17-8-10(7-15)13(16-14(17)18)9-2-3-11-12(6-9)20-5-4-19-11/h2-3,6,8H,4-5H2,1H3. The molecule has 0 unspecified atom stereocenters. The molecule has 6 heteroatoms. The van der Waals surface area contributed by atoms with Crippen LogP contribution in [0, 0.1) is 11.3 Å². The van der Waals surface area contributed by atoms with Gasteiger partial charge in [0.1, 0.15) is 19.3 Å². The van der Waals surface area contributed by atoms with E-state index in [9.17, 15) is 10.1 Å². The van der Waals surface area contributed by atoms with Gasteiger partial charge in [-0.05, 0) is 18.2 Å². The van der Waals surface area contributed by atoms with Gasteiger partial charge in [-0.3, -0.25) is 0 Å². The molecule has 2 aromatic rings. The molecule has 0 amide bonds. The minimum Gasteiger partial charge on any atom is -0.486 e. The van der Waals surface area contributed by atoms with Crippen molar-refractivity contribution in [3.63, 3.8) is 0 Å². The van der Waals surface area contributed by atoms with Gasteiger partial charge in [0.15, 0.2) is 11.5 Å². The SMILES string of the molecule is Cn1cc(C#N)c(-c2ccc3c(c2)OCCO3)nc1=O. The Morgan fingerprint density at radius 1 is 1.30 bits per heavy atom. The van der Waals surface area contributed by atoms with Crippen LogP contribution in [0.1, 0.15) is 5.56 Å². The highest BCUT2D eigenvalue weighted by atomic mass is 16.6. The van der Waals surface area contributed by atoms with Crippen molar-refractivity contribution in [2.45, 2.75) is 0 Å². The Labute approximate surface area is 114 Å². The fourth-order valence-electron chi connectivity index (χ4n) is 2.04. The van der Waals surface area contributed by atoms with Crippen molar-refractivity contribution in [1.29, 1.82) is 5.26 Å². The zero-order chi connectivity index (χ0) is 14.1. The Balaban J connectivity index is 2.16. The lowest BCUT2D eigenvalue weighted by Gasteiger charge is -2.18. The Kier molecular flexibility index (Phi) is 2.88. The van der Waals surface area contributed by atoms with E-state index >= 15 is 0 Å². The molecular weight excluding hydrogens is 258 g/mol. The van der Waals surface area contributed by atoms with E-state index < -0.39 is 5.69 Å². The fraction of sp³-hybridized carbons (Fsp3) is 0.214. The van der Waals surface area contributed by atoms with Crippen LogP contribution in [0.2, 0.25) is 0 Å². The molecule has 100 valence electrons. The summed E-state index contributed by atoms with van der Waals surface area (Å²) in [7, 11) is 1.56. The number of fused-ring (bicyclic) bond motifs is 1. The van der Waals surface area contributed by atoms with Gasteiger partial charge in [-0.15, -0.1) is 0 Å². The van der Waals surface area contributed by atoms with Crippen molar-refractivity contribution in [1.82, 2.24) is 9.55 Å². The molecule has 1 aromatic carbocycles. The lowest BCUT2D eigenvalue weighted by atomic mass is 10.1. The van der Waals surface area contributed by atoms with Gasteiger partial charge < -0.3 is 14.0 Å². The molecule has 0 saturated heterocycles. The number of hydrogen-bond acceptors (Lipinski definition) is 5. The minimum absolute atomic E-state index is 0.337. The van der Waals surface area contributed by atoms with Crippen LogP contribution >= 0.6 is 0 Å². The van der Waals surface area contributed by atoms with E-state index in [-0.39, 0.29) is 0 Å². The van der Waals surface area contributed by atoms with Gasteiger partial charge in [-0.1, -0.05) is 0 Å². The molecule has 0 N–H and O–H groups in total. The van der Waals surface area contributed by atoms with E-state index in [1.807, 2.05) is 6.07 Å². The first-order valence-electron chi connectivity index (χ1n) is 6.07. The molecule has 3 rings (SSSR count). The third kappa shape index (κ3) is 1.99. The maximum atomic E-state index is 11.7. The molecule has 6 nitrogen and oxygen atoms in total. The first-order valence-corrected chi connectivity index (χ1v) is 6.07. The largest absolute Gasteiger partial charge is 0.486 e. The molecule has 1 aromatic heterocycles. The van der Waals surface area contributed by atoms with Crippen molar-refractivity contribution in [3.05, 3.63) is 40.4 Å². The molecular formula is C14H11N3O3. The highest BCUT2D eigenvalue weighted by molar-refractivity contribution is 5.69. The van der Waals surface area contributed by atoms with Crippen LogP contribution in [0.25, 0.3) is 11.3 Å². The summed E-state index contributed by atoms with van der Waals surface area (Å²) in [6, 6.07) is 7.30. The number of hydrogen-bond donors (Lipinski definition) is 0. The lowest BCUT2D eigenvalue weighted by Crippen LogP contribution is -2.21. The molecule has 20 heavy (non-hydrogen) atoms. The zero-order valence-corrected chi connectivity index (χ0v) is 10.8. The zero-order valence-electron chi connectivity index (χ0n) is 10.8.